The lowest BCUT2D eigenvalue weighted by atomic mass is 10.2. The molecule has 0 amide bonds. The van der Waals surface area contributed by atoms with E-state index in [0.717, 1.165) is 5.56 Å². The van der Waals surface area contributed by atoms with Gasteiger partial charge in [-0.2, -0.15) is 0 Å². The molecule has 0 radical (unpaired) electrons. The van der Waals surface area contributed by atoms with Crippen molar-refractivity contribution < 1.29 is 19.4 Å². The number of thioether (sulfide) groups is 1. The number of carbonyl (C=O) groups is 1. The van der Waals surface area contributed by atoms with Gasteiger partial charge in [0.15, 0.2) is 0 Å². The minimum atomic E-state index is -0.820. The molecule has 1 aromatic rings. The number of carboxylic acid groups (broad SMARTS) is 1. The van der Waals surface area contributed by atoms with E-state index in [-0.39, 0.29) is 5.37 Å². The van der Waals surface area contributed by atoms with Crippen LogP contribution in [0.3, 0.4) is 0 Å². The molecular weight excluding hydrogens is 254 g/mol. The Morgan fingerprint density at radius 3 is 2.39 bits per heavy atom. The van der Waals surface area contributed by atoms with Crippen LogP contribution in [0, 0.1) is 0 Å². The van der Waals surface area contributed by atoms with Gasteiger partial charge in [0.1, 0.15) is 17.5 Å². The number of ether oxygens (including phenoxy) is 2. The van der Waals surface area contributed by atoms with Crippen LogP contribution in [0.15, 0.2) is 18.2 Å². The van der Waals surface area contributed by atoms with Crippen LogP contribution in [0.2, 0.25) is 0 Å². The molecule has 18 heavy (non-hydrogen) atoms. The molecule has 0 spiro atoms. The second kappa shape index (κ2) is 5.49. The maximum atomic E-state index is 10.9. The normalized spacial score (nSPS) is 22.8. The second-order valence-corrected chi connectivity index (χ2v) is 5.05. The molecule has 2 rings (SSSR count). The molecule has 1 aliphatic heterocycles. The molecule has 1 saturated heterocycles. The van der Waals surface area contributed by atoms with E-state index < -0.39 is 12.0 Å². The Hall–Kier alpha value is -1.40. The van der Waals surface area contributed by atoms with Crippen LogP contribution in [0.4, 0.5) is 0 Å². The Kier molecular flexibility index (Phi) is 3.98. The highest BCUT2D eigenvalue weighted by molar-refractivity contribution is 7.99. The Bertz CT molecular complexity index is 429. The van der Waals surface area contributed by atoms with E-state index in [1.807, 2.05) is 12.1 Å². The largest absolute Gasteiger partial charge is 0.497 e. The second-order valence-electron chi connectivity index (χ2n) is 3.92. The van der Waals surface area contributed by atoms with E-state index in [9.17, 15) is 4.79 Å². The number of nitrogens with one attached hydrogen (secondary N) is 1. The molecule has 2 N–H and O–H groups in total. The van der Waals surface area contributed by atoms with E-state index >= 15 is 0 Å². The molecule has 98 valence electrons. The summed E-state index contributed by atoms with van der Waals surface area (Å²) in [5.41, 5.74) is 0.958. The van der Waals surface area contributed by atoms with Crippen LogP contribution in [0.1, 0.15) is 10.9 Å². The lowest BCUT2D eigenvalue weighted by Crippen LogP contribution is -2.33. The molecule has 1 aliphatic rings. The topological polar surface area (TPSA) is 67.8 Å². The van der Waals surface area contributed by atoms with Crippen LogP contribution in [-0.4, -0.2) is 37.1 Å². The van der Waals surface area contributed by atoms with E-state index in [1.165, 1.54) is 0 Å². The van der Waals surface area contributed by atoms with Crippen molar-refractivity contribution in [3.05, 3.63) is 23.8 Å². The molecule has 0 aliphatic carbocycles. The van der Waals surface area contributed by atoms with Gasteiger partial charge in [-0.25, -0.2) is 0 Å². The van der Waals surface area contributed by atoms with Crippen molar-refractivity contribution in [2.75, 3.05) is 20.0 Å². The number of carboxylic acids is 1. The number of hydrogen-bond donors (Lipinski definition) is 2. The number of methoxy groups -OCH3 is 2. The zero-order valence-electron chi connectivity index (χ0n) is 10.2. The first-order chi connectivity index (χ1) is 8.63. The average Bonchev–Trinajstić information content (AvgIpc) is 2.87. The molecule has 0 aromatic heterocycles. The Labute approximate surface area is 109 Å². The number of hydrogen-bond acceptors (Lipinski definition) is 5. The van der Waals surface area contributed by atoms with Crippen LogP contribution >= 0.6 is 11.8 Å². The molecule has 1 aromatic carbocycles. The predicted octanol–water partition coefficient (Wildman–Crippen LogP) is 1.49. The van der Waals surface area contributed by atoms with Crippen LogP contribution in [0.5, 0.6) is 11.5 Å². The molecule has 5 nitrogen and oxygen atoms in total. The summed E-state index contributed by atoms with van der Waals surface area (Å²) >= 11 is 1.57. The fraction of sp³-hybridized carbons (Fsp3) is 0.417. The number of aliphatic carboxylic acids is 1. The van der Waals surface area contributed by atoms with Crippen molar-refractivity contribution in [2.24, 2.45) is 0 Å². The quantitative estimate of drug-likeness (QED) is 0.863. The van der Waals surface area contributed by atoms with Gasteiger partial charge in [-0.1, -0.05) is 0 Å². The fourth-order valence-corrected chi connectivity index (χ4v) is 3.00. The fourth-order valence-electron chi connectivity index (χ4n) is 1.79. The molecule has 1 fully saturated rings. The van der Waals surface area contributed by atoms with Gasteiger partial charge in [0.2, 0.25) is 0 Å². The number of rotatable bonds is 4. The number of benzene rings is 1. The first-order valence-corrected chi connectivity index (χ1v) is 6.52. The van der Waals surface area contributed by atoms with Gasteiger partial charge in [-0.05, 0) is 17.7 Å². The third kappa shape index (κ3) is 2.70. The Balaban J connectivity index is 2.20. The van der Waals surface area contributed by atoms with Crippen molar-refractivity contribution in [2.45, 2.75) is 11.4 Å². The van der Waals surface area contributed by atoms with Crippen molar-refractivity contribution in [3.8, 4) is 11.5 Å². The third-order valence-corrected chi connectivity index (χ3v) is 4.02. The van der Waals surface area contributed by atoms with E-state index in [0.29, 0.717) is 17.3 Å². The summed E-state index contributed by atoms with van der Waals surface area (Å²) in [4.78, 5) is 10.9. The molecular formula is C12H15NO4S. The summed E-state index contributed by atoms with van der Waals surface area (Å²) in [6, 6.07) is 5.06. The zero-order valence-corrected chi connectivity index (χ0v) is 11.0. The maximum Gasteiger partial charge on any atom is 0.321 e. The minimum absolute atomic E-state index is 0.0462. The monoisotopic (exact) mass is 269 g/mol. The van der Waals surface area contributed by atoms with Gasteiger partial charge in [-0.3, -0.25) is 10.1 Å². The summed E-state index contributed by atoms with van der Waals surface area (Å²) in [5, 5.41) is 12.0. The van der Waals surface area contributed by atoms with Crippen LogP contribution < -0.4 is 14.8 Å². The first kappa shape index (κ1) is 13.0. The molecule has 1 unspecified atom stereocenters. The van der Waals surface area contributed by atoms with Crippen molar-refractivity contribution in [3.63, 3.8) is 0 Å². The Morgan fingerprint density at radius 2 is 1.94 bits per heavy atom. The van der Waals surface area contributed by atoms with Crippen molar-refractivity contribution in [1.29, 1.82) is 0 Å². The summed E-state index contributed by atoms with van der Waals surface area (Å²) in [7, 11) is 3.18. The van der Waals surface area contributed by atoms with Gasteiger partial charge in [-0.15, -0.1) is 11.8 Å². The molecule has 1 heterocycles. The Morgan fingerprint density at radius 1 is 1.33 bits per heavy atom. The minimum Gasteiger partial charge on any atom is -0.497 e. The van der Waals surface area contributed by atoms with Crippen molar-refractivity contribution in [1.82, 2.24) is 5.32 Å². The molecule has 0 saturated carbocycles. The third-order valence-electron chi connectivity index (χ3n) is 2.76. The van der Waals surface area contributed by atoms with Crippen molar-refractivity contribution >= 4 is 17.7 Å². The first-order valence-electron chi connectivity index (χ1n) is 5.47. The van der Waals surface area contributed by atoms with Gasteiger partial charge in [0.25, 0.3) is 0 Å². The van der Waals surface area contributed by atoms with E-state index in [2.05, 4.69) is 5.32 Å². The zero-order chi connectivity index (χ0) is 13.1. The summed E-state index contributed by atoms with van der Waals surface area (Å²) in [5.74, 6) is 1.13. The smallest absolute Gasteiger partial charge is 0.321 e. The lowest BCUT2D eigenvalue weighted by molar-refractivity contribution is -0.138. The highest BCUT2D eigenvalue weighted by Crippen LogP contribution is 2.36. The maximum absolute atomic E-state index is 10.9. The molecule has 0 bridgehead atoms. The van der Waals surface area contributed by atoms with Gasteiger partial charge < -0.3 is 14.6 Å². The van der Waals surface area contributed by atoms with Crippen LogP contribution in [-0.2, 0) is 4.79 Å². The van der Waals surface area contributed by atoms with E-state index in [1.54, 1.807) is 32.0 Å². The van der Waals surface area contributed by atoms with Gasteiger partial charge >= 0.3 is 5.97 Å². The standard InChI is InChI=1S/C12H15NO4S/c1-16-8-3-7(4-9(5-8)17-2)11-13-10(6-18-11)12(14)15/h3-5,10-11,13H,6H2,1-2H3,(H,14,15)/t10-,11?/m0/s1. The van der Waals surface area contributed by atoms with Gasteiger partial charge in [0.05, 0.1) is 19.6 Å². The van der Waals surface area contributed by atoms with Gasteiger partial charge in [0, 0.05) is 11.8 Å². The summed E-state index contributed by atoms with van der Waals surface area (Å²) in [6.45, 7) is 0. The molecule has 2 atom stereocenters. The lowest BCUT2D eigenvalue weighted by Gasteiger charge is -2.14. The average molecular weight is 269 g/mol. The van der Waals surface area contributed by atoms with Crippen LogP contribution in [0.25, 0.3) is 0 Å². The predicted molar refractivity (Wildman–Crippen MR) is 69.3 cm³/mol. The summed E-state index contributed by atoms with van der Waals surface area (Å²) < 4.78 is 10.4. The molecule has 6 heteroatoms. The van der Waals surface area contributed by atoms with E-state index in [4.69, 9.17) is 14.6 Å². The SMILES string of the molecule is COc1cc(OC)cc(C2N[C@H](C(=O)O)CS2)c1. The summed E-state index contributed by atoms with van der Waals surface area (Å²) in [6.07, 6.45) is 0. The highest BCUT2D eigenvalue weighted by atomic mass is 32.2. The highest BCUT2D eigenvalue weighted by Gasteiger charge is 2.30.